The third-order valence-corrected chi connectivity index (χ3v) is 3.56. The number of aromatic nitrogens is 3. The SMILES string of the molecule is CCc1cccc(C)c1NC(=O)c1n[nH]c2ccncc12. The highest BCUT2D eigenvalue weighted by Gasteiger charge is 2.16. The molecule has 0 unspecified atom stereocenters. The zero-order valence-electron chi connectivity index (χ0n) is 12.0. The van der Waals surface area contributed by atoms with Gasteiger partial charge in [-0.3, -0.25) is 14.9 Å². The number of amides is 1. The number of carbonyl (C=O) groups is 1. The van der Waals surface area contributed by atoms with Crippen molar-refractivity contribution in [1.82, 2.24) is 15.2 Å². The fourth-order valence-corrected chi connectivity index (χ4v) is 2.40. The van der Waals surface area contributed by atoms with Crippen molar-refractivity contribution in [3.05, 3.63) is 53.5 Å². The van der Waals surface area contributed by atoms with Gasteiger partial charge in [0.15, 0.2) is 5.69 Å². The molecule has 21 heavy (non-hydrogen) atoms. The van der Waals surface area contributed by atoms with Crippen LogP contribution in [0.4, 0.5) is 5.69 Å². The van der Waals surface area contributed by atoms with Gasteiger partial charge in [0.1, 0.15) is 0 Å². The molecule has 0 aliphatic heterocycles. The maximum atomic E-state index is 12.5. The molecule has 0 fully saturated rings. The quantitative estimate of drug-likeness (QED) is 0.774. The van der Waals surface area contributed by atoms with Crippen LogP contribution in [0.2, 0.25) is 0 Å². The maximum Gasteiger partial charge on any atom is 0.276 e. The van der Waals surface area contributed by atoms with E-state index in [1.807, 2.05) is 25.1 Å². The molecule has 1 aromatic carbocycles. The minimum Gasteiger partial charge on any atom is -0.320 e. The predicted molar refractivity (Wildman–Crippen MR) is 82.4 cm³/mol. The number of para-hydroxylation sites is 1. The van der Waals surface area contributed by atoms with Crippen molar-refractivity contribution in [2.75, 3.05) is 5.32 Å². The van der Waals surface area contributed by atoms with Gasteiger partial charge >= 0.3 is 0 Å². The Morgan fingerprint density at radius 3 is 3.00 bits per heavy atom. The Bertz CT molecular complexity index is 807. The second-order valence-corrected chi connectivity index (χ2v) is 4.91. The van der Waals surface area contributed by atoms with Gasteiger partial charge in [0, 0.05) is 18.1 Å². The molecule has 0 atom stereocenters. The molecule has 1 amide bonds. The number of benzene rings is 1. The van der Waals surface area contributed by atoms with Crippen molar-refractivity contribution >= 4 is 22.5 Å². The van der Waals surface area contributed by atoms with E-state index >= 15 is 0 Å². The van der Waals surface area contributed by atoms with Gasteiger partial charge in [0.25, 0.3) is 5.91 Å². The van der Waals surface area contributed by atoms with E-state index in [2.05, 4.69) is 27.4 Å². The molecule has 0 bridgehead atoms. The van der Waals surface area contributed by atoms with Crippen molar-refractivity contribution in [3.63, 3.8) is 0 Å². The second-order valence-electron chi connectivity index (χ2n) is 4.91. The zero-order valence-corrected chi connectivity index (χ0v) is 12.0. The van der Waals surface area contributed by atoms with Crippen LogP contribution in [0.1, 0.15) is 28.5 Å². The number of aromatic amines is 1. The fraction of sp³-hybridized carbons (Fsp3) is 0.188. The topological polar surface area (TPSA) is 70.7 Å². The lowest BCUT2D eigenvalue weighted by molar-refractivity contribution is 0.102. The Balaban J connectivity index is 1.97. The smallest absolute Gasteiger partial charge is 0.276 e. The van der Waals surface area contributed by atoms with Crippen LogP contribution >= 0.6 is 0 Å². The number of fused-ring (bicyclic) bond motifs is 1. The third kappa shape index (κ3) is 2.38. The highest BCUT2D eigenvalue weighted by molar-refractivity contribution is 6.11. The second kappa shape index (κ2) is 5.36. The summed E-state index contributed by atoms with van der Waals surface area (Å²) in [4.78, 5) is 16.5. The van der Waals surface area contributed by atoms with E-state index < -0.39 is 0 Å². The molecule has 0 aliphatic carbocycles. The minimum absolute atomic E-state index is 0.224. The maximum absolute atomic E-state index is 12.5. The zero-order chi connectivity index (χ0) is 14.8. The predicted octanol–water partition coefficient (Wildman–Crippen LogP) is 3.08. The Morgan fingerprint density at radius 1 is 1.33 bits per heavy atom. The van der Waals surface area contributed by atoms with Crippen LogP contribution in [0.15, 0.2) is 36.7 Å². The first-order valence-electron chi connectivity index (χ1n) is 6.88. The molecule has 2 aromatic heterocycles. The number of nitrogens with zero attached hydrogens (tertiary/aromatic N) is 2. The van der Waals surface area contributed by atoms with Crippen LogP contribution in [0.5, 0.6) is 0 Å². The standard InChI is InChI=1S/C16H16N4O/c1-3-11-6-4-5-10(2)14(11)18-16(21)15-12-9-17-8-7-13(12)19-20-15/h4-9H,3H2,1-2H3,(H,18,21)(H,19,20). The normalized spacial score (nSPS) is 10.8. The molecule has 0 radical (unpaired) electrons. The highest BCUT2D eigenvalue weighted by Crippen LogP contribution is 2.23. The Kier molecular flexibility index (Phi) is 3.39. The summed E-state index contributed by atoms with van der Waals surface area (Å²) < 4.78 is 0. The van der Waals surface area contributed by atoms with E-state index in [0.717, 1.165) is 34.1 Å². The first-order valence-corrected chi connectivity index (χ1v) is 6.88. The summed E-state index contributed by atoms with van der Waals surface area (Å²) in [5.41, 5.74) is 4.19. The van der Waals surface area contributed by atoms with Gasteiger partial charge in [-0.25, -0.2) is 0 Å². The number of nitrogens with one attached hydrogen (secondary N) is 2. The molecule has 3 aromatic rings. The lowest BCUT2D eigenvalue weighted by Gasteiger charge is -2.12. The largest absolute Gasteiger partial charge is 0.320 e. The summed E-state index contributed by atoms with van der Waals surface area (Å²) in [7, 11) is 0. The number of hydrogen-bond donors (Lipinski definition) is 2. The van der Waals surface area contributed by atoms with E-state index in [0.29, 0.717) is 5.69 Å². The molecule has 5 nitrogen and oxygen atoms in total. The van der Waals surface area contributed by atoms with E-state index in [-0.39, 0.29) is 5.91 Å². The molecule has 2 N–H and O–H groups in total. The number of H-pyrrole nitrogens is 1. The monoisotopic (exact) mass is 280 g/mol. The van der Waals surface area contributed by atoms with Crippen molar-refractivity contribution in [2.24, 2.45) is 0 Å². The Labute approximate surface area is 122 Å². The number of carbonyl (C=O) groups excluding carboxylic acids is 1. The highest BCUT2D eigenvalue weighted by atomic mass is 16.1. The molecule has 0 aliphatic rings. The van der Waals surface area contributed by atoms with Gasteiger partial charge < -0.3 is 5.32 Å². The van der Waals surface area contributed by atoms with Crippen molar-refractivity contribution in [3.8, 4) is 0 Å². The fourth-order valence-electron chi connectivity index (χ4n) is 2.40. The number of anilines is 1. The Morgan fingerprint density at radius 2 is 2.19 bits per heavy atom. The summed E-state index contributed by atoms with van der Waals surface area (Å²) >= 11 is 0. The van der Waals surface area contributed by atoms with E-state index in [1.165, 1.54) is 0 Å². The summed E-state index contributed by atoms with van der Waals surface area (Å²) in [6.45, 7) is 4.05. The number of aryl methyl sites for hydroxylation is 2. The molecule has 2 heterocycles. The lowest BCUT2D eigenvalue weighted by Crippen LogP contribution is -2.15. The van der Waals surface area contributed by atoms with Gasteiger partial charge in [0.2, 0.25) is 0 Å². The summed E-state index contributed by atoms with van der Waals surface area (Å²) in [5, 5.41) is 10.6. The third-order valence-electron chi connectivity index (χ3n) is 3.56. The average Bonchev–Trinajstić information content (AvgIpc) is 2.93. The van der Waals surface area contributed by atoms with Crippen LogP contribution in [-0.2, 0) is 6.42 Å². The van der Waals surface area contributed by atoms with Crippen LogP contribution in [0.3, 0.4) is 0 Å². The molecule has 0 saturated carbocycles. The lowest BCUT2D eigenvalue weighted by atomic mass is 10.1. The van der Waals surface area contributed by atoms with E-state index in [4.69, 9.17) is 0 Å². The minimum atomic E-state index is -0.224. The van der Waals surface area contributed by atoms with Crippen LogP contribution in [0, 0.1) is 6.92 Å². The first kappa shape index (κ1) is 13.3. The van der Waals surface area contributed by atoms with Crippen LogP contribution in [0.25, 0.3) is 10.9 Å². The summed E-state index contributed by atoms with van der Waals surface area (Å²) in [5.74, 6) is -0.224. The molecule has 5 heteroatoms. The average molecular weight is 280 g/mol. The van der Waals surface area contributed by atoms with Gasteiger partial charge in [-0.15, -0.1) is 0 Å². The van der Waals surface area contributed by atoms with E-state index in [1.54, 1.807) is 18.5 Å². The number of hydrogen-bond acceptors (Lipinski definition) is 3. The first-order chi connectivity index (χ1) is 10.2. The number of pyridine rings is 1. The van der Waals surface area contributed by atoms with Crippen molar-refractivity contribution in [2.45, 2.75) is 20.3 Å². The van der Waals surface area contributed by atoms with Crippen LogP contribution < -0.4 is 5.32 Å². The molecular weight excluding hydrogens is 264 g/mol. The van der Waals surface area contributed by atoms with Crippen molar-refractivity contribution in [1.29, 1.82) is 0 Å². The molecule has 106 valence electrons. The van der Waals surface area contributed by atoms with Crippen molar-refractivity contribution < 1.29 is 4.79 Å². The Hall–Kier alpha value is -2.69. The van der Waals surface area contributed by atoms with E-state index in [9.17, 15) is 4.79 Å². The number of rotatable bonds is 3. The molecular formula is C16H16N4O. The van der Waals surface area contributed by atoms with Gasteiger partial charge in [-0.05, 0) is 30.5 Å². The molecule has 3 rings (SSSR count). The van der Waals surface area contributed by atoms with Gasteiger partial charge in [-0.1, -0.05) is 25.1 Å². The van der Waals surface area contributed by atoms with Gasteiger partial charge in [0.05, 0.1) is 10.9 Å². The summed E-state index contributed by atoms with van der Waals surface area (Å²) in [6, 6.07) is 7.80. The molecule has 0 spiro atoms. The van der Waals surface area contributed by atoms with Crippen LogP contribution in [-0.4, -0.2) is 21.1 Å². The van der Waals surface area contributed by atoms with Gasteiger partial charge in [-0.2, -0.15) is 5.10 Å². The summed E-state index contributed by atoms with van der Waals surface area (Å²) in [6.07, 6.45) is 4.17. The molecule has 0 saturated heterocycles.